The highest BCUT2D eigenvalue weighted by Gasteiger charge is 2.11. The molecule has 0 fully saturated rings. The number of hydrogen-bond acceptors (Lipinski definition) is 2. The summed E-state index contributed by atoms with van der Waals surface area (Å²) in [6.45, 7) is 0. The van der Waals surface area contributed by atoms with E-state index in [9.17, 15) is 0 Å². The molecule has 3 aromatic rings. The van der Waals surface area contributed by atoms with Gasteiger partial charge in [-0.1, -0.05) is 66.7 Å². The first kappa shape index (κ1) is 13.2. The van der Waals surface area contributed by atoms with Crippen LogP contribution in [0.25, 0.3) is 10.8 Å². The van der Waals surface area contributed by atoms with E-state index in [0.717, 1.165) is 11.3 Å². The normalized spacial score (nSPS) is 11.8. The van der Waals surface area contributed by atoms with Crippen LogP contribution in [0.15, 0.2) is 72.8 Å². The molecule has 1 unspecified atom stereocenters. The summed E-state index contributed by atoms with van der Waals surface area (Å²) in [7, 11) is 0. The molecule has 0 aromatic heterocycles. The summed E-state index contributed by atoms with van der Waals surface area (Å²) in [5.41, 5.74) is 2.20. The standard InChI is InChI=1S/C19H16N2/c20-14-13-18(16-8-2-1-3-9-16)21-19-12-6-10-15-7-4-5-11-17(15)19/h1-12,18,21H,13H2. The van der Waals surface area contributed by atoms with Crippen molar-refractivity contribution in [3.63, 3.8) is 0 Å². The van der Waals surface area contributed by atoms with Gasteiger partial charge in [-0.25, -0.2) is 0 Å². The summed E-state index contributed by atoms with van der Waals surface area (Å²) < 4.78 is 0. The highest BCUT2D eigenvalue weighted by molar-refractivity contribution is 5.93. The number of benzene rings is 3. The molecule has 3 aromatic carbocycles. The molecule has 2 heteroatoms. The number of nitriles is 1. The first-order chi connectivity index (χ1) is 10.4. The predicted octanol–water partition coefficient (Wildman–Crippen LogP) is 4.91. The van der Waals surface area contributed by atoms with Gasteiger partial charge in [-0.2, -0.15) is 5.26 Å². The van der Waals surface area contributed by atoms with Gasteiger partial charge in [0.05, 0.1) is 18.5 Å². The molecule has 0 aliphatic carbocycles. The Morgan fingerprint density at radius 2 is 1.57 bits per heavy atom. The van der Waals surface area contributed by atoms with Crippen molar-refractivity contribution in [2.24, 2.45) is 0 Å². The number of rotatable bonds is 4. The van der Waals surface area contributed by atoms with E-state index in [1.807, 2.05) is 36.4 Å². The third-order valence-electron chi connectivity index (χ3n) is 3.62. The lowest BCUT2D eigenvalue weighted by atomic mass is 10.0. The van der Waals surface area contributed by atoms with Crippen molar-refractivity contribution in [1.29, 1.82) is 5.26 Å². The number of nitrogens with zero attached hydrogens (tertiary/aromatic N) is 1. The fourth-order valence-electron chi connectivity index (χ4n) is 2.57. The Hall–Kier alpha value is -2.79. The molecule has 1 atom stereocenters. The van der Waals surface area contributed by atoms with Crippen LogP contribution in [0.5, 0.6) is 0 Å². The lowest BCUT2D eigenvalue weighted by molar-refractivity contribution is 0.807. The van der Waals surface area contributed by atoms with Crippen molar-refractivity contribution in [2.45, 2.75) is 12.5 Å². The van der Waals surface area contributed by atoms with Crippen molar-refractivity contribution in [3.8, 4) is 6.07 Å². The number of fused-ring (bicyclic) bond motifs is 1. The van der Waals surface area contributed by atoms with E-state index in [0.29, 0.717) is 6.42 Å². The summed E-state index contributed by atoms with van der Waals surface area (Å²) in [6, 6.07) is 26.9. The molecule has 1 N–H and O–H groups in total. The molecular weight excluding hydrogens is 256 g/mol. The number of anilines is 1. The van der Waals surface area contributed by atoms with Crippen molar-refractivity contribution in [2.75, 3.05) is 5.32 Å². The van der Waals surface area contributed by atoms with Gasteiger partial charge >= 0.3 is 0 Å². The maximum atomic E-state index is 9.10. The number of hydrogen-bond donors (Lipinski definition) is 1. The van der Waals surface area contributed by atoms with E-state index in [-0.39, 0.29) is 6.04 Å². The quantitative estimate of drug-likeness (QED) is 0.732. The Balaban J connectivity index is 1.97. The second-order valence-electron chi connectivity index (χ2n) is 5.00. The topological polar surface area (TPSA) is 35.8 Å². The average Bonchev–Trinajstić information content (AvgIpc) is 2.55. The van der Waals surface area contributed by atoms with Crippen LogP contribution >= 0.6 is 0 Å². The van der Waals surface area contributed by atoms with Crippen LogP contribution in [-0.2, 0) is 0 Å². The van der Waals surface area contributed by atoms with Crippen LogP contribution in [-0.4, -0.2) is 0 Å². The largest absolute Gasteiger partial charge is 0.377 e. The molecular formula is C19H16N2. The van der Waals surface area contributed by atoms with E-state index in [1.54, 1.807) is 0 Å². The molecule has 0 heterocycles. The lowest BCUT2D eigenvalue weighted by Crippen LogP contribution is -2.10. The van der Waals surface area contributed by atoms with Crippen molar-refractivity contribution in [3.05, 3.63) is 78.4 Å². The molecule has 21 heavy (non-hydrogen) atoms. The van der Waals surface area contributed by atoms with Gasteiger partial charge in [-0.05, 0) is 17.0 Å². The molecule has 102 valence electrons. The van der Waals surface area contributed by atoms with Crippen molar-refractivity contribution in [1.82, 2.24) is 0 Å². The summed E-state index contributed by atoms with van der Waals surface area (Å²) in [5.74, 6) is 0. The van der Waals surface area contributed by atoms with E-state index in [1.165, 1.54) is 10.8 Å². The second-order valence-corrected chi connectivity index (χ2v) is 5.00. The van der Waals surface area contributed by atoms with E-state index < -0.39 is 0 Å². The first-order valence-electron chi connectivity index (χ1n) is 7.04. The maximum absolute atomic E-state index is 9.10. The van der Waals surface area contributed by atoms with Gasteiger partial charge in [0.1, 0.15) is 0 Å². The van der Waals surface area contributed by atoms with E-state index in [2.05, 4.69) is 47.8 Å². The van der Waals surface area contributed by atoms with Crippen LogP contribution in [0.1, 0.15) is 18.0 Å². The predicted molar refractivity (Wildman–Crippen MR) is 87.0 cm³/mol. The second kappa shape index (κ2) is 6.11. The highest BCUT2D eigenvalue weighted by Crippen LogP contribution is 2.28. The third kappa shape index (κ3) is 2.88. The minimum Gasteiger partial charge on any atom is -0.377 e. The highest BCUT2D eigenvalue weighted by atomic mass is 14.9. The molecule has 0 aliphatic heterocycles. The van der Waals surface area contributed by atoms with Gasteiger partial charge in [0.15, 0.2) is 0 Å². The summed E-state index contributed by atoms with van der Waals surface area (Å²) in [6.07, 6.45) is 0.438. The zero-order valence-corrected chi connectivity index (χ0v) is 11.7. The van der Waals surface area contributed by atoms with Gasteiger partial charge in [0.25, 0.3) is 0 Å². The zero-order valence-electron chi connectivity index (χ0n) is 11.7. The Morgan fingerprint density at radius 3 is 2.38 bits per heavy atom. The first-order valence-corrected chi connectivity index (χ1v) is 7.04. The minimum atomic E-state index is 0.00186. The third-order valence-corrected chi connectivity index (χ3v) is 3.62. The Kier molecular flexibility index (Phi) is 3.84. The molecule has 0 saturated carbocycles. The SMILES string of the molecule is N#CCC(Nc1cccc2ccccc12)c1ccccc1. The van der Waals surface area contributed by atoms with Crippen LogP contribution in [0.2, 0.25) is 0 Å². The summed E-state index contributed by atoms with van der Waals surface area (Å²) in [5, 5.41) is 15.0. The van der Waals surface area contributed by atoms with Gasteiger partial charge in [0, 0.05) is 11.1 Å². The van der Waals surface area contributed by atoms with Gasteiger partial charge < -0.3 is 5.32 Å². The molecule has 0 bridgehead atoms. The monoisotopic (exact) mass is 272 g/mol. The molecule has 3 rings (SSSR count). The Morgan fingerprint density at radius 1 is 0.857 bits per heavy atom. The summed E-state index contributed by atoms with van der Waals surface area (Å²) in [4.78, 5) is 0. The van der Waals surface area contributed by atoms with Crippen LogP contribution in [0.4, 0.5) is 5.69 Å². The van der Waals surface area contributed by atoms with E-state index in [4.69, 9.17) is 5.26 Å². The minimum absolute atomic E-state index is 0.00186. The van der Waals surface area contributed by atoms with Crippen LogP contribution in [0, 0.1) is 11.3 Å². The molecule has 0 radical (unpaired) electrons. The summed E-state index contributed by atoms with van der Waals surface area (Å²) >= 11 is 0. The molecule has 0 saturated heterocycles. The fraction of sp³-hybridized carbons (Fsp3) is 0.105. The van der Waals surface area contributed by atoms with Crippen molar-refractivity contribution < 1.29 is 0 Å². The molecule has 0 aliphatic rings. The van der Waals surface area contributed by atoms with Gasteiger partial charge in [-0.3, -0.25) is 0 Å². The Labute approximate surface area is 124 Å². The number of nitrogens with one attached hydrogen (secondary N) is 1. The molecule has 0 amide bonds. The van der Waals surface area contributed by atoms with Gasteiger partial charge in [0.2, 0.25) is 0 Å². The lowest BCUT2D eigenvalue weighted by Gasteiger charge is -2.19. The fourth-order valence-corrected chi connectivity index (χ4v) is 2.57. The Bertz CT molecular complexity index is 767. The van der Waals surface area contributed by atoms with Gasteiger partial charge in [-0.15, -0.1) is 0 Å². The van der Waals surface area contributed by atoms with Crippen molar-refractivity contribution >= 4 is 16.5 Å². The van der Waals surface area contributed by atoms with Crippen LogP contribution in [0.3, 0.4) is 0 Å². The van der Waals surface area contributed by atoms with E-state index >= 15 is 0 Å². The molecule has 2 nitrogen and oxygen atoms in total. The smallest absolute Gasteiger partial charge is 0.0647 e. The van der Waals surface area contributed by atoms with Crippen LogP contribution < -0.4 is 5.32 Å². The maximum Gasteiger partial charge on any atom is 0.0647 e. The molecule has 0 spiro atoms. The average molecular weight is 272 g/mol. The zero-order chi connectivity index (χ0) is 14.5.